The van der Waals surface area contributed by atoms with Gasteiger partial charge in [-0.05, 0) is 68.2 Å². The van der Waals surface area contributed by atoms with E-state index in [-0.39, 0.29) is 17.7 Å². The van der Waals surface area contributed by atoms with Gasteiger partial charge in [-0.2, -0.15) is 4.39 Å². The maximum absolute atomic E-state index is 14.7. The molecule has 2 amide bonds. The first-order valence-electron chi connectivity index (χ1n) is 18.3. The van der Waals surface area contributed by atoms with Crippen LogP contribution in [-0.2, 0) is 20.8 Å². The van der Waals surface area contributed by atoms with E-state index in [2.05, 4.69) is 58.8 Å². The van der Waals surface area contributed by atoms with Crippen LogP contribution in [-0.4, -0.2) is 85.6 Å². The highest BCUT2D eigenvalue weighted by molar-refractivity contribution is 5.92. The first kappa shape index (κ1) is 39.5. The zero-order valence-corrected chi connectivity index (χ0v) is 31.1. The molecule has 2 aliphatic heterocycles. The zero-order valence-electron chi connectivity index (χ0n) is 31.1. The van der Waals surface area contributed by atoms with Crippen LogP contribution in [0.3, 0.4) is 0 Å². The summed E-state index contributed by atoms with van der Waals surface area (Å²) in [4.78, 5) is 40.0. The van der Waals surface area contributed by atoms with Crippen LogP contribution in [0.4, 0.5) is 9.18 Å². The normalized spacial score (nSPS) is 16.8. The fraction of sp³-hybridized carbons (Fsp3) is 0.538. The van der Waals surface area contributed by atoms with E-state index in [1.54, 1.807) is 11.9 Å². The number of likely N-dealkylation sites (N-methyl/N-ethyl adjacent to an activating group) is 1. The van der Waals surface area contributed by atoms with Gasteiger partial charge in [-0.1, -0.05) is 63.6 Å². The summed E-state index contributed by atoms with van der Waals surface area (Å²) < 4.78 is 25.0. The molecule has 0 saturated carbocycles. The molecule has 278 valence electrons. The molecule has 3 heterocycles. The van der Waals surface area contributed by atoms with Crippen LogP contribution in [0.15, 0.2) is 58.9 Å². The lowest BCUT2D eigenvalue weighted by Crippen LogP contribution is -2.53. The van der Waals surface area contributed by atoms with Gasteiger partial charge in [0.25, 0.3) is 0 Å². The van der Waals surface area contributed by atoms with Crippen LogP contribution in [0.5, 0.6) is 0 Å². The summed E-state index contributed by atoms with van der Waals surface area (Å²) in [5, 5.41) is 9.44. The number of hydrogen-bond acceptors (Lipinski definition) is 8. The molecule has 2 atom stereocenters. The molecular weight excluding hydrogens is 649 g/mol. The number of halogens is 1. The number of benzene rings is 1. The third-order valence-electron chi connectivity index (χ3n) is 9.50. The Morgan fingerprint density at radius 1 is 1.14 bits per heavy atom. The highest BCUT2D eigenvalue weighted by Crippen LogP contribution is 2.27. The predicted molar refractivity (Wildman–Crippen MR) is 200 cm³/mol. The minimum Gasteiger partial charge on any atom is -0.453 e. The lowest BCUT2D eigenvalue weighted by Gasteiger charge is -2.34. The quantitative estimate of drug-likeness (QED) is 0.111. The van der Waals surface area contributed by atoms with Crippen molar-refractivity contribution in [3.05, 3.63) is 71.2 Å². The van der Waals surface area contributed by atoms with Crippen LogP contribution < -0.4 is 16.0 Å². The molecule has 2 aliphatic rings. The molecule has 1 saturated heterocycles. The number of ether oxygens (including phenoxy) is 2. The fourth-order valence-corrected chi connectivity index (χ4v) is 6.53. The molecule has 4 N–H and O–H groups in total. The van der Waals surface area contributed by atoms with Gasteiger partial charge in [0.05, 0.1) is 25.9 Å². The van der Waals surface area contributed by atoms with Crippen LogP contribution in [0.2, 0.25) is 0 Å². The lowest BCUT2D eigenvalue weighted by molar-refractivity contribution is -0.134. The highest BCUT2D eigenvalue weighted by atomic mass is 19.1. The van der Waals surface area contributed by atoms with Crippen molar-refractivity contribution in [2.45, 2.75) is 78.8 Å². The molecule has 1 fully saturated rings. The van der Waals surface area contributed by atoms with E-state index in [0.717, 1.165) is 65.9 Å². The second-order valence-corrected chi connectivity index (χ2v) is 13.3. The van der Waals surface area contributed by atoms with E-state index in [4.69, 9.17) is 14.5 Å². The summed E-state index contributed by atoms with van der Waals surface area (Å²) in [6.07, 6.45) is 10.6. The average molecular weight is 706 g/mol. The molecule has 0 aliphatic carbocycles. The van der Waals surface area contributed by atoms with Crippen molar-refractivity contribution in [1.82, 2.24) is 30.8 Å². The number of imidazole rings is 1. The Bertz CT molecular complexity index is 1570. The van der Waals surface area contributed by atoms with Gasteiger partial charge in [0.15, 0.2) is 0 Å². The molecule has 0 radical (unpaired) electrons. The van der Waals surface area contributed by atoms with Crippen molar-refractivity contribution in [3.63, 3.8) is 0 Å². The minimum atomic E-state index is -0.673. The number of carbonyl (C=O) groups is 2. The molecular formula is C39H56FN7O4. The van der Waals surface area contributed by atoms with E-state index in [1.807, 2.05) is 37.4 Å². The molecule has 1 aromatic carbocycles. The number of amides is 2. The van der Waals surface area contributed by atoms with Crippen molar-refractivity contribution in [2.24, 2.45) is 16.8 Å². The van der Waals surface area contributed by atoms with Crippen molar-refractivity contribution in [3.8, 4) is 11.3 Å². The molecule has 1 aromatic heterocycles. The Morgan fingerprint density at radius 3 is 2.55 bits per heavy atom. The molecule has 2 aromatic rings. The van der Waals surface area contributed by atoms with E-state index >= 15 is 0 Å². The second kappa shape index (κ2) is 19.9. The maximum atomic E-state index is 14.7. The first-order chi connectivity index (χ1) is 24.7. The van der Waals surface area contributed by atoms with Gasteiger partial charge in [0.2, 0.25) is 11.9 Å². The smallest absolute Gasteiger partial charge is 0.407 e. The fourth-order valence-electron chi connectivity index (χ4n) is 6.53. The van der Waals surface area contributed by atoms with Crippen molar-refractivity contribution >= 4 is 23.3 Å². The predicted octanol–water partition coefficient (Wildman–Crippen LogP) is 6.37. The summed E-state index contributed by atoms with van der Waals surface area (Å²) in [5.74, 6) is 0.0568. The minimum absolute atomic E-state index is 0.0160. The summed E-state index contributed by atoms with van der Waals surface area (Å²) in [7, 11) is 3.11. The summed E-state index contributed by atoms with van der Waals surface area (Å²) in [6.45, 7) is 11.9. The lowest BCUT2D eigenvalue weighted by atomic mass is 9.90. The average Bonchev–Trinajstić information content (AvgIpc) is 3.53. The summed E-state index contributed by atoms with van der Waals surface area (Å²) >= 11 is 0. The number of nitrogens with zero attached hydrogens (tertiary/aromatic N) is 3. The monoisotopic (exact) mass is 705 g/mol. The number of nitrogens with one attached hydrogen (secondary N) is 4. The van der Waals surface area contributed by atoms with Gasteiger partial charge in [-0.3, -0.25) is 9.79 Å². The van der Waals surface area contributed by atoms with Crippen molar-refractivity contribution in [2.75, 3.05) is 47.0 Å². The van der Waals surface area contributed by atoms with Crippen LogP contribution in [0, 0.1) is 17.8 Å². The molecule has 12 heteroatoms. The standard InChI is InChI=1S/C39H56FN7O4/c1-7-10-31(25-47(5)38(48)36(46-39(49)50-6)30-17-20-51-21-18-30)33-23-42-22-32(43-33)26(4)11-12-27(9-3)28-13-15-29(16-14-28)35-37(40)45-34(44-35)24-41-19-8-2/h11-16,22,30-31,36,41-42H,7-10,17-21,23-25H2,1-6H3,(H,44,45)(H,46,49)/b26-11+,27-12+. The first-order valence-corrected chi connectivity index (χ1v) is 18.3. The van der Waals surface area contributed by atoms with Gasteiger partial charge in [-0.25, -0.2) is 9.78 Å². The van der Waals surface area contributed by atoms with Crippen molar-refractivity contribution in [1.29, 1.82) is 0 Å². The molecule has 51 heavy (non-hydrogen) atoms. The van der Waals surface area contributed by atoms with Crippen molar-refractivity contribution < 1.29 is 23.5 Å². The van der Waals surface area contributed by atoms with E-state index in [1.165, 1.54) is 7.11 Å². The number of methoxy groups -OCH3 is 1. The Morgan fingerprint density at radius 2 is 1.88 bits per heavy atom. The van der Waals surface area contributed by atoms with Crippen LogP contribution in [0.25, 0.3) is 16.8 Å². The van der Waals surface area contributed by atoms with Crippen LogP contribution in [0.1, 0.15) is 77.6 Å². The number of carbonyl (C=O) groups excluding carboxylic acids is 2. The van der Waals surface area contributed by atoms with E-state index in [0.29, 0.717) is 57.2 Å². The number of allylic oxidation sites excluding steroid dienone is 4. The topological polar surface area (TPSA) is 133 Å². The van der Waals surface area contributed by atoms with Gasteiger partial charge < -0.3 is 35.3 Å². The van der Waals surface area contributed by atoms with Gasteiger partial charge >= 0.3 is 6.09 Å². The van der Waals surface area contributed by atoms with Gasteiger partial charge in [-0.15, -0.1) is 0 Å². The number of rotatable bonds is 17. The van der Waals surface area contributed by atoms with Gasteiger partial charge in [0.1, 0.15) is 17.6 Å². The number of aromatic nitrogens is 2. The zero-order chi connectivity index (χ0) is 36.8. The van der Waals surface area contributed by atoms with Gasteiger partial charge in [0, 0.05) is 50.2 Å². The Balaban J connectivity index is 1.46. The SMILES string of the molecule is CCCNCc1nc(-c2ccc(/C(=C/C=C(\C)C3=CNCC(C(CCC)CN(C)C(=O)C(NC(=O)OC)C4CCOCC4)=N3)CC)cc2)c(F)[nH]1. The largest absolute Gasteiger partial charge is 0.453 e. The molecule has 2 unspecified atom stereocenters. The summed E-state index contributed by atoms with van der Waals surface area (Å²) in [5.41, 5.74) is 6.10. The molecule has 0 spiro atoms. The molecule has 11 nitrogen and oxygen atoms in total. The second-order valence-electron chi connectivity index (χ2n) is 13.3. The Labute approximate surface area is 302 Å². The van der Waals surface area contributed by atoms with Crippen LogP contribution >= 0.6 is 0 Å². The Kier molecular flexibility index (Phi) is 15.4. The number of H-pyrrole nitrogens is 1. The van der Waals surface area contributed by atoms with E-state index < -0.39 is 18.1 Å². The number of alkyl carbamates (subject to hydrolysis) is 1. The number of aromatic amines is 1. The highest BCUT2D eigenvalue weighted by Gasteiger charge is 2.34. The number of aliphatic imine (C=N–C) groups is 1. The maximum Gasteiger partial charge on any atom is 0.407 e. The summed E-state index contributed by atoms with van der Waals surface area (Å²) in [6, 6.07) is 7.17. The third kappa shape index (κ3) is 11.1. The van der Waals surface area contributed by atoms with E-state index in [9.17, 15) is 14.0 Å². The molecule has 4 rings (SSSR count). The molecule has 0 bridgehead atoms. The Hall–Kier alpha value is -4.29. The third-order valence-corrected chi connectivity index (χ3v) is 9.50. The number of hydrogen-bond donors (Lipinski definition) is 4.